The van der Waals surface area contributed by atoms with E-state index in [-0.39, 0.29) is 17.7 Å². The van der Waals surface area contributed by atoms with Crippen LogP contribution in [0, 0.1) is 5.92 Å². The van der Waals surface area contributed by atoms with Crippen LogP contribution < -0.4 is 5.73 Å². The van der Waals surface area contributed by atoms with Gasteiger partial charge in [0.25, 0.3) is 0 Å². The van der Waals surface area contributed by atoms with Gasteiger partial charge in [-0.05, 0) is 34.0 Å². The van der Waals surface area contributed by atoms with Gasteiger partial charge in [0.15, 0.2) is 5.78 Å². The van der Waals surface area contributed by atoms with Crippen LogP contribution in [0.15, 0.2) is 15.9 Å². The zero-order valence-corrected chi connectivity index (χ0v) is 9.98. The molecule has 0 aromatic carbocycles. The molecule has 0 amide bonds. The number of rotatable bonds is 3. The lowest BCUT2D eigenvalue weighted by Crippen LogP contribution is -2.35. The van der Waals surface area contributed by atoms with Gasteiger partial charge in [0.2, 0.25) is 0 Å². The van der Waals surface area contributed by atoms with Crippen LogP contribution in [0.2, 0.25) is 0 Å². The number of hydrogen-bond donors (Lipinski definition) is 1. The second-order valence-electron chi connectivity index (χ2n) is 3.24. The van der Waals surface area contributed by atoms with Crippen LogP contribution in [0.25, 0.3) is 0 Å². The molecule has 1 aromatic heterocycles. The minimum absolute atomic E-state index is 0.0331. The highest BCUT2D eigenvalue weighted by Gasteiger charge is 2.20. The molecule has 1 atom stereocenters. The second-order valence-corrected chi connectivity index (χ2v) is 5.70. The first-order valence-corrected chi connectivity index (χ1v) is 5.68. The normalized spacial score (nSPS) is 13.3. The predicted molar refractivity (Wildman–Crippen MR) is 59.2 cm³/mol. The van der Waals surface area contributed by atoms with E-state index in [1.54, 1.807) is 6.07 Å². The fraction of sp³-hybridized carbons (Fsp3) is 0.444. The first-order valence-electron chi connectivity index (χ1n) is 4.07. The average Bonchev–Trinajstić information content (AvgIpc) is 2.49. The summed E-state index contributed by atoms with van der Waals surface area (Å²) in [5.74, 6) is 0.221. The molecule has 1 aromatic rings. The summed E-state index contributed by atoms with van der Waals surface area (Å²) in [6, 6.07) is 3.29. The molecule has 0 saturated heterocycles. The maximum Gasteiger partial charge on any atom is 0.189 e. The molecule has 2 nitrogen and oxygen atoms in total. The van der Waals surface area contributed by atoms with Crippen molar-refractivity contribution in [1.82, 2.24) is 0 Å². The Morgan fingerprint density at radius 1 is 1.54 bits per heavy atom. The second kappa shape index (κ2) is 4.35. The third-order valence-corrected chi connectivity index (χ3v) is 3.48. The molecular formula is C9H12BrNOS. The zero-order valence-electron chi connectivity index (χ0n) is 7.58. The molecule has 0 aliphatic rings. The number of carbonyl (C=O) groups is 1. The van der Waals surface area contributed by atoms with Crippen molar-refractivity contribution in [2.75, 3.05) is 0 Å². The fourth-order valence-corrected chi connectivity index (χ4v) is 2.29. The van der Waals surface area contributed by atoms with E-state index in [0.717, 1.165) is 8.66 Å². The highest BCUT2D eigenvalue weighted by molar-refractivity contribution is 9.11. The SMILES string of the molecule is CC(C)C(N)C(=O)c1ccc(Br)s1. The van der Waals surface area contributed by atoms with E-state index in [2.05, 4.69) is 15.9 Å². The van der Waals surface area contributed by atoms with Crippen LogP contribution in [0.1, 0.15) is 23.5 Å². The van der Waals surface area contributed by atoms with E-state index < -0.39 is 0 Å². The summed E-state index contributed by atoms with van der Waals surface area (Å²) in [7, 11) is 0. The number of halogens is 1. The molecule has 13 heavy (non-hydrogen) atoms. The van der Waals surface area contributed by atoms with Gasteiger partial charge in [0.1, 0.15) is 0 Å². The zero-order chi connectivity index (χ0) is 10.0. The van der Waals surface area contributed by atoms with E-state index in [4.69, 9.17) is 5.73 Å². The Kier molecular flexibility index (Phi) is 3.64. The van der Waals surface area contributed by atoms with E-state index in [1.165, 1.54) is 11.3 Å². The lowest BCUT2D eigenvalue weighted by atomic mass is 10.0. The summed E-state index contributed by atoms with van der Waals surface area (Å²) in [6.45, 7) is 3.90. The molecule has 1 heterocycles. The van der Waals surface area contributed by atoms with Crippen LogP contribution >= 0.6 is 27.3 Å². The maximum atomic E-state index is 11.7. The molecule has 0 aliphatic carbocycles. The van der Waals surface area contributed by atoms with Crippen molar-refractivity contribution < 1.29 is 4.79 Å². The monoisotopic (exact) mass is 261 g/mol. The van der Waals surface area contributed by atoms with Gasteiger partial charge < -0.3 is 5.73 Å². The molecule has 2 N–H and O–H groups in total. The van der Waals surface area contributed by atoms with Crippen LogP contribution in [0.5, 0.6) is 0 Å². The molecule has 1 rings (SSSR count). The fourth-order valence-electron chi connectivity index (χ4n) is 0.914. The molecule has 0 fully saturated rings. The Labute approximate surface area is 90.3 Å². The lowest BCUT2D eigenvalue weighted by Gasteiger charge is -2.12. The molecule has 0 spiro atoms. The molecule has 4 heteroatoms. The number of nitrogens with two attached hydrogens (primary N) is 1. The van der Waals surface area contributed by atoms with Crippen molar-refractivity contribution in [3.05, 3.63) is 20.8 Å². The van der Waals surface area contributed by atoms with Crippen molar-refractivity contribution in [2.24, 2.45) is 11.7 Å². The molecule has 1 unspecified atom stereocenters. The van der Waals surface area contributed by atoms with Gasteiger partial charge in [-0.2, -0.15) is 0 Å². The first-order chi connectivity index (χ1) is 6.02. The van der Waals surface area contributed by atoms with E-state index in [9.17, 15) is 4.79 Å². The van der Waals surface area contributed by atoms with Crippen molar-refractivity contribution >= 4 is 33.0 Å². The Hall–Kier alpha value is -0.190. The highest BCUT2D eigenvalue weighted by atomic mass is 79.9. The van der Waals surface area contributed by atoms with Crippen molar-refractivity contribution in [2.45, 2.75) is 19.9 Å². The first kappa shape index (κ1) is 10.9. The molecule has 0 aliphatic heterocycles. The van der Waals surface area contributed by atoms with Crippen LogP contribution in [-0.2, 0) is 0 Å². The standard InChI is InChI=1S/C9H12BrNOS/c1-5(2)8(11)9(12)6-3-4-7(10)13-6/h3-5,8H,11H2,1-2H3. The van der Waals surface area contributed by atoms with Gasteiger partial charge >= 0.3 is 0 Å². The quantitative estimate of drug-likeness (QED) is 0.851. The Morgan fingerprint density at radius 3 is 2.54 bits per heavy atom. The third-order valence-electron chi connectivity index (χ3n) is 1.84. The van der Waals surface area contributed by atoms with Crippen LogP contribution in [-0.4, -0.2) is 11.8 Å². The number of hydrogen-bond acceptors (Lipinski definition) is 3. The summed E-state index contributed by atoms with van der Waals surface area (Å²) in [6.07, 6.45) is 0. The topological polar surface area (TPSA) is 43.1 Å². The van der Waals surface area contributed by atoms with Crippen molar-refractivity contribution in [3.8, 4) is 0 Å². The van der Waals surface area contributed by atoms with Gasteiger partial charge in [-0.3, -0.25) is 4.79 Å². The minimum Gasteiger partial charge on any atom is -0.321 e. The summed E-state index contributed by atoms with van der Waals surface area (Å²) in [5, 5.41) is 0. The minimum atomic E-state index is -0.384. The van der Waals surface area contributed by atoms with Crippen molar-refractivity contribution in [3.63, 3.8) is 0 Å². The van der Waals surface area contributed by atoms with Gasteiger partial charge in [-0.15, -0.1) is 11.3 Å². The summed E-state index contributed by atoms with van der Waals surface area (Å²) >= 11 is 4.74. The highest BCUT2D eigenvalue weighted by Crippen LogP contribution is 2.23. The van der Waals surface area contributed by atoms with Gasteiger partial charge in [-0.1, -0.05) is 13.8 Å². The molecule has 0 radical (unpaired) electrons. The lowest BCUT2D eigenvalue weighted by molar-refractivity contribution is 0.0944. The molecule has 0 saturated carbocycles. The third kappa shape index (κ3) is 2.62. The van der Waals surface area contributed by atoms with E-state index >= 15 is 0 Å². The predicted octanol–water partition coefficient (Wildman–Crippen LogP) is 2.68. The van der Waals surface area contributed by atoms with E-state index in [1.807, 2.05) is 19.9 Å². The molecule has 72 valence electrons. The van der Waals surface area contributed by atoms with Gasteiger partial charge in [0, 0.05) is 0 Å². The van der Waals surface area contributed by atoms with E-state index in [0.29, 0.717) is 0 Å². The number of ketones is 1. The maximum absolute atomic E-state index is 11.7. The van der Waals surface area contributed by atoms with Crippen LogP contribution in [0.3, 0.4) is 0 Å². The molecule has 0 bridgehead atoms. The number of carbonyl (C=O) groups excluding carboxylic acids is 1. The average molecular weight is 262 g/mol. The Bertz CT molecular complexity index is 308. The smallest absolute Gasteiger partial charge is 0.189 e. The largest absolute Gasteiger partial charge is 0.321 e. The van der Waals surface area contributed by atoms with Gasteiger partial charge in [-0.25, -0.2) is 0 Å². The Morgan fingerprint density at radius 2 is 2.15 bits per heavy atom. The summed E-state index contributed by atoms with van der Waals surface area (Å²) < 4.78 is 0.965. The van der Waals surface area contributed by atoms with Crippen LogP contribution in [0.4, 0.5) is 0 Å². The molecular weight excluding hydrogens is 250 g/mol. The van der Waals surface area contributed by atoms with Crippen molar-refractivity contribution in [1.29, 1.82) is 0 Å². The number of thiophene rings is 1. The number of Topliss-reactive ketones (excluding diaryl/α,β-unsaturated/α-hetero) is 1. The Balaban J connectivity index is 2.79. The summed E-state index contributed by atoms with van der Waals surface area (Å²) in [5.41, 5.74) is 5.74. The van der Waals surface area contributed by atoms with Gasteiger partial charge in [0.05, 0.1) is 14.7 Å². The summed E-state index contributed by atoms with van der Waals surface area (Å²) in [4.78, 5) is 12.4.